The Balaban J connectivity index is 0.000000265. The van der Waals surface area contributed by atoms with Gasteiger partial charge in [0.1, 0.15) is 0 Å². The molecule has 0 saturated heterocycles. The van der Waals surface area contributed by atoms with E-state index in [0.29, 0.717) is 26.1 Å². The Hall–Kier alpha value is -0.200. The van der Waals surface area contributed by atoms with Crippen molar-refractivity contribution in [2.75, 3.05) is 26.4 Å². The molecule has 4 N–H and O–H groups in total. The Kier molecular flexibility index (Phi) is 8.94. The predicted octanol–water partition coefficient (Wildman–Crippen LogP) is -0.381. The van der Waals surface area contributed by atoms with E-state index in [9.17, 15) is 0 Å². The number of hydrogen-bond donors (Lipinski definition) is 4. The normalized spacial score (nSPS) is 19.2. The lowest BCUT2D eigenvalue weighted by Crippen LogP contribution is -2.30. The van der Waals surface area contributed by atoms with Crippen LogP contribution < -0.4 is 0 Å². The van der Waals surface area contributed by atoms with Crippen molar-refractivity contribution in [2.24, 2.45) is 0 Å². The summed E-state index contributed by atoms with van der Waals surface area (Å²) < 4.78 is 4.63. The number of ether oxygens (including phenoxy) is 1. The Bertz CT molecular complexity index is 126. The van der Waals surface area contributed by atoms with Gasteiger partial charge in [0.2, 0.25) is 0 Å². The largest absolute Gasteiger partial charge is 0.394 e. The summed E-state index contributed by atoms with van der Waals surface area (Å²) in [4.78, 5) is 0. The highest BCUT2D eigenvalue weighted by molar-refractivity contribution is 4.69. The van der Waals surface area contributed by atoms with Gasteiger partial charge in [-0.3, -0.25) is 0 Å². The van der Waals surface area contributed by atoms with Crippen LogP contribution in [0.2, 0.25) is 0 Å². The molecule has 5 heteroatoms. The van der Waals surface area contributed by atoms with E-state index >= 15 is 0 Å². The van der Waals surface area contributed by atoms with Gasteiger partial charge in [-0.15, -0.1) is 0 Å². The summed E-state index contributed by atoms with van der Waals surface area (Å²) in [5, 5.41) is 34.0. The van der Waals surface area contributed by atoms with Crippen LogP contribution in [0.5, 0.6) is 0 Å². The van der Waals surface area contributed by atoms with Gasteiger partial charge in [-0.25, -0.2) is 0 Å². The van der Waals surface area contributed by atoms with Crippen LogP contribution in [0, 0.1) is 0 Å². The van der Waals surface area contributed by atoms with E-state index in [2.05, 4.69) is 4.74 Å². The first-order valence-corrected chi connectivity index (χ1v) is 5.36. The lowest BCUT2D eigenvalue weighted by Gasteiger charge is -2.25. The van der Waals surface area contributed by atoms with Crippen molar-refractivity contribution >= 4 is 0 Å². The molecular weight excluding hydrogens is 200 g/mol. The van der Waals surface area contributed by atoms with Gasteiger partial charge in [0.25, 0.3) is 0 Å². The molecule has 92 valence electrons. The highest BCUT2D eigenvalue weighted by atomic mass is 16.5. The van der Waals surface area contributed by atoms with Crippen molar-refractivity contribution in [3.63, 3.8) is 0 Å². The monoisotopic (exact) mass is 222 g/mol. The summed E-state index contributed by atoms with van der Waals surface area (Å²) in [6.45, 7) is 0.696. The Morgan fingerprint density at radius 1 is 0.867 bits per heavy atom. The molecule has 1 rings (SSSR count). The minimum Gasteiger partial charge on any atom is -0.394 e. The van der Waals surface area contributed by atoms with Gasteiger partial charge in [0.15, 0.2) is 5.79 Å². The van der Waals surface area contributed by atoms with Gasteiger partial charge in [0, 0.05) is 12.8 Å². The molecule has 0 atom stereocenters. The molecule has 0 aliphatic heterocycles. The molecule has 0 amide bonds. The van der Waals surface area contributed by atoms with E-state index in [1.54, 1.807) is 0 Å². The van der Waals surface area contributed by atoms with Crippen LogP contribution in [-0.2, 0) is 4.74 Å². The van der Waals surface area contributed by atoms with Crippen molar-refractivity contribution in [1.29, 1.82) is 0 Å². The first-order valence-electron chi connectivity index (χ1n) is 5.36. The molecule has 0 unspecified atom stereocenters. The van der Waals surface area contributed by atoms with Crippen LogP contribution >= 0.6 is 0 Å². The van der Waals surface area contributed by atoms with Gasteiger partial charge in [-0.2, -0.15) is 0 Å². The third-order valence-corrected chi connectivity index (χ3v) is 2.13. The SMILES string of the molecule is OC1(O)CCCCC1.OCCOCCO. The molecule has 1 aliphatic rings. The fourth-order valence-corrected chi connectivity index (χ4v) is 1.35. The van der Waals surface area contributed by atoms with E-state index in [1.807, 2.05) is 0 Å². The fourth-order valence-electron chi connectivity index (χ4n) is 1.35. The van der Waals surface area contributed by atoms with Gasteiger partial charge in [0.05, 0.1) is 26.4 Å². The molecule has 1 fully saturated rings. The Morgan fingerprint density at radius 3 is 1.60 bits per heavy atom. The van der Waals surface area contributed by atoms with E-state index < -0.39 is 5.79 Å². The van der Waals surface area contributed by atoms with Crippen molar-refractivity contribution in [2.45, 2.75) is 37.9 Å². The van der Waals surface area contributed by atoms with Gasteiger partial charge >= 0.3 is 0 Å². The topological polar surface area (TPSA) is 90.2 Å². The maximum absolute atomic E-state index is 8.93. The van der Waals surface area contributed by atoms with Crippen LogP contribution in [0.3, 0.4) is 0 Å². The number of aliphatic hydroxyl groups is 4. The zero-order valence-electron chi connectivity index (χ0n) is 9.06. The summed E-state index contributed by atoms with van der Waals surface area (Å²) in [5.74, 6) is -1.32. The third-order valence-electron chi connectivity index (χ3n) is 2.13. The fraction of sp³-hybridized carbons (Fsp3) is 1.00. The van der Waals surface area contributed by atoms with E-state index in [0.717, 1.165) is 19.3 Å². The van der Waals surface area contributed by atoms with Crippen molar-refractivity contribution < 1.29 is 25.2 Å². The maximum Gasteiger partial charge on any atom is 0.162 e. The molecule has 0 radical (unpaired) electrons. The zero-order valence-corrected chi connectivity index (χ0v) is 9.06. The first-order chi connectivity index (χ1) is 7.12. The van der Waals surface area contributed by atoms with Crippen molar-refractivity contribution in [1.82, 2.24) is 0 Å². The lowest BCUT2D eigenvalue weighted by atomic mass is 9.95. The van der Waals surface area contributed by atoms with E-state index in [1.165, 1.54) is 0 Å². The molecular formula is C10H22O5. The smallest absolute Gasteiger partial charge is 0.162 e. The first kappa shape index (κ1) is 14.8. The molecule has 0 bridgehead atoms. The maximum atomic E-state index is 8.93. The number of rotatable bonds is 4. The quantitative estimate of drug-likeness (QED) is 0.384. The predicted molar refractivity (Wildman–Crippen MR) is 55.2 cm³/mol. The summed E-state index contributed by atoms with van der Waals surface area (Å²) >= 11 is 0. The second-order valence-corrected chi connectivity index (χ2v) is 3.60. The molecule has 1 aliphatic carbocycles. The van der Waals surface area contributed by atoms with Crippen LogP contribution in [0.25, 0.3) is 0 Å². The van der Waals surface area contributed by atoms with E-state index in [-0.39, 0.29) is 13.2 Å². The average Bonchev–Trinajstić information content (AvgIpc) is 2.19. The standard InChI is InChI=1S/C6H12O2.C4H10O3/c7-6(8)4-2-1-3-5-6;5-1-3-7-4-2-6/h7-8H,1-5H2;5-6H,1-4H2. The summed E-state index contributed by atoms with van der Waals surface area (Å²) in [7, 11) is 0. The molecule has 0 spiro atoms. The molecule has 1 saturated carbocycles. The minimum absolute atomic E-state index is 0.0278. The highest BCUT2D eigenvalue weighted by Gasteiger charge is 2.24. The molecule has 15 heavy (non-hydrogen) atoms. The van der Waals surface area contributed by atoms with Crippen LogP contribution in [-0.4, -0.2) is 52.6 Å². The minimum atomic E-state index is -1.32. The number of hydrogen-bond acceptors (Lipinski definition) is 5. The number of aliphatic hydroxyl groups excluding tert-OH is 2. The second-order valence-electron chi connectivity index (χ2n) is 3.60. The van der Waals surface area contributed by atoms with Crippen LogP contribution in [0.1, 0.15) is 32.1 Å². The van der Waals surface area contributed by atoms with Crippen molar-refractivity contribution in [3.8, 4) is 0 Å². The third kappa shape index (κ3) is 10.1. The zero-order chi connectivity index (χ0) is 11.6. The van der Waals surface area contributed by atoms with E-state index in [4.69, 9.17) is 20.4 Å². The average molecular weight is 222 g/mol. The Labute approximate surface area is 90.3 Å². The van der Waals surface area contributed by atoms with Gasteiger partial charge in [-0.05, 0) is 12.8 Å². The van der Waals surface area contributed by atoms with Crippen LogP contribution in [0.15, 0.2) is 0 Å². The molecule has 0 aromatic heterocycles. The highest BCUT2D eigenvalue weighted by Crippen LogP contribution is 2.24. The summed E-state index contributed by atoms with van der Waals surface area (Å²) in [6.07, 6.45) is 4.21. The molecule has 0 heterocycles. The van der Waals surface area contributed by atoms with Crippen LogP contribution in [0.4, 0.5) is 0 Å². The van der Waals surface area contributed by atoms with Crippen molar-refractivity contribution in [3.05, 3.63) is 0 Å². The van der Waals surface area contributed by atoms with Gasteiger partial charge in [-0.1, -0.05) is 6.42 Å². The summed E-state index contributed by atoms with van der Waals surface area (Å²) in [5.41, 5.74) is 0. The lowest BCUT2D eigenvalue weighted by molar-refractivity contribution is -0.180. The molecule has 5 nitrogen and oxygen atoms in total. The second kappa shape index (κ2) is 9.06. The Morgan fingerprint density at radius 2 is 1.33 bits per heavy atom. The van der Waals surface area contributed by atoms with Gasteiger partial charge < -0.3 is 25.2 Å². The molecule has 0 aromatic carbocycles. The molecule has 0 aromatic rings. The summed E-state index contributed by atoms with van der Waals surface area (Å²) in [6, 6.07) is 0.